The van der Waals surface area contributed by atoms with E-state index < -0.39 is 11.2 Å². The van der Waals surface area contributed by atoms with Crippen molar-refractivity contribution in [2.75, 3.05) is 42.7 Å². The van der Waals surface area contributed by atoms with Crippen LogP contribution in [0.4, 0.5) is 0 Å². The summed E-state index contributed by atoms with van der Waals surface area (Å²) >= 11 is 0. The summed E-state index contributed by atoms with van der Waals surface area (Å²) in [7, 11) is 8.45. The average Bonchev–Trinajstić information content (AvgIpc) is 2.78. The molecular formula is C21H21NaO9. The van der Waals surface area contributed by atoms with E-state index in [1.807, 2.05) is 0 Å². The van der Waals surface area contributed by atoms with E-state index in [4.69, 9.17) is 32.8 Å². The van der Waals surface area contributed by atoms with Gasteiger partial charge in [-0.25, -0.2) is 0 Å². The Labute approximate surface area is 200 Å². The molecule has 3 rings (SSSR count). The van der Waals surface area contributed by atoms with Gasteiger partial charge in [-0.2, -0.15) is 0 Å². The van der Waals surface area contributed by atoms with Crippen LogP contribution in [0.15, 0.2) is 27.4 Å². The van der Waals surface area contributed by atoms with Crippen molar-refractivity contribution in [2.45, 2.75) is 0 Å². The molecule has 1 aromatic heterocycles. The van der Waals surface area contributed by atoms with Crippen molar-refractivity contribution in [3.63, 3.8) is 0 Å². The second kappa shape index (κ2) is 10.0. The number of benzene rings is 2. The first-order valence-electron chi connectivity index (χ1n) is 8.73. The second-order valence-electron chi connectivity index (χ2n) is 6.00. The molecule has 0 atom stereocenters. The topological polar surface area (TPSA) is 109 Å². The molecule has 160 valence electrons. The third-order valence-corrected chi connectivity index (χ3v) is 4.58. The minimum absolute atomic E-state index is 0. The van der Waals surface area contributed by atoms with Gasteiger partial charge in [0.05, 0.1) is 42.7 Å². The fourth-order valence-corrected chi connectivity index (χ4v) is 3.23. The third-order valence-electron chi connectivity index (χ3n) is 4.58. The maximum Gasteiger partial charge on any atom is 1.00 e. The summed E-state index contributed by atoms with van der Waals surface area (Å²) < 4.78 is 37.9. The van der Waals surface area contributed by atoms with Crippen LogP contribution in [0.5, 0.6) is 40.2 Å². The van der Waals surface area contributed by atoms with Gasteiger partial charge in [-0.3, -0.25) is 4.79 Å². The minimum Gasteiger partial charge on any atom is -0.867 e. The van der Waals surface area contributed by atoms with Crippen LogP contribution in [0.1, 0.15) is 0 Å². The number of hydrogen-bond acceptors (Lipinski definition) is 9. The Bertz CT molecular complexity index is 1150. The zero-order valence-electron chi connectivity index (χ0n) is 18.4. The summed E-state index contributed by atoms with van der Waals surface area (Å²) in [5.41, 5.74) is -0.522. The first kappa shape index (κ1) is 24.5. The molecule has 2 aromatic carbocycles. The van der Waals surface area contributed by atoms with Crippen molar-refractivity contribution in [3.8, 4) is 51.6 Å². The summed E-state index contributed by atoms with van der Waals surface area (Å²) in [6.45, 7) is 0. The summed E-state index contributed by atoms with van der Waals surface area (Å²) in [5, 5.41) is 12.8. The van der Waals surface area contributed by atoms with Crippen LogP contribution in [0, 0.1) is 0 Å². The molecule has 31 heavy (non-hydrogen) atoms. The molecule has 0 bridgehead atoms. The van der Waals surface area contributed by atoms with Crippen molar-refractivity contribution < 1.29 is 67.5 Å². The fraction of sp³-hybridized carbons (Fsp3) is 0.286. The summed E-state index contributed by atoms with van der Waals surface area (Å²) in [5.74, 6) is 0.137. The Morgan fingerprint density at radius 2 is 1.29 bits per heavy atom. The fourth-order valence-electron chi connectivity index (χ4n) is 3.23. The zero-order chi connectivity index (χ0) is 22.0. The van der Waals surface area contributed by atoms with Crippen LogP contribution in [-0.2, 0) is 0 Å². The van der Waals surface area contributed by atoms with Gasteiger partial charge in [0.25, 0.3) is 0 Å². The largest absolute Gasteiger partial charge is 1.00 e. The molecule has 0 spiro atoms. The van der Waals surface area contributed by atoms with E-state index in [1.165, 1.54) is 48.7 Å². The Balaban J connectivity index is 0.00000341. The molecule has 0 unspecified atom stereocenters. The van der Waals surface area contributed by atoms with Crippen LogP contribution in [0.3, 0.4) is 0 Å². The Kier molecular flexibility index (Phi) is 7.94. The van der Waals surface area contributed by atoms with Crippen LogP contribution in [0.2, 0.25) is 0 Å². The molecule has 0 amide bonds. The average molecular weight is 440 g/mol. The smallest absolute Gasteiger partial charge is 0.867 e. The monoisotopic (exact) mass is 440 g/mol. The van der Waals surface area contributed by atoms with Crippen molar-refractivity contribution >= 4 is 11.0 Å². The summed E-state index contributed by atoms with van der Waals surface area (Å²) in [4.78, 5) is 13.1. The zero-order valence-corrected chi connectivity index (χ0v) is 20.4. The molecule has 10 heteroatoms. The molecule has 9 nitrogen and oxygen atoms in total. The molecule has 0 radical (unpaired) electrons. The van der Waals surface area contributed by atoms with Gasteiger partial charge in [-0.05, 0) is 23.9 Å². The number of hydrogen-bond donors (Lipinski definition) is 0. The standard InChI is InChI=1S/C21H22O9.Na/c1-24-11-8-7-10(9-12(11)25-2)16-15(23)14(22)13-17(26-3)19(27-4)21(29-6)20(28-5)18(13)30-16;/h7-9,23H,1-6H3;/q;+1/p-1. The Morgan fingerprint density at radius 1 is 0.742 bits per heavy atom. The van der Waals surface area contributed by atoms with E-state index in [0.29, 0.717) is 17.1 Å². The molecule has 0 aliphatic heterocycles. The minimum atomic E-state index is -0.859. The summed E-state index contributed by atoms with van der Waals surface area (Å²) in [6, 6.07) is 4.72. The van der Waals surface area contributed by atoms with Crippen molar-refractivity contribution in [2.24, 2.45) is 0 Å². The predicted octanol–water partition coefficient (Wildman–Crippen LogP) is -0.411. The van der Waals surface area contributed by atoms with E-state index in [-0.39, 0.29) is 69.3 Å². The van der Waals surface area contributed by atoms with E-state index in [1.54, 1.807) is 12.1 Å². The Morgan fingerprint density at radius 3 is 1.81 bits per heavy atom. The number of methoxy groups -OCH3 is 6. The number of fused-ring (bicyclic) bond motifs is 1. The number of rotatable bonds is 7. The van der Waals surface area contributed by atoms with Crippen LogP contribution in [-0.4, -0.2) is 42.7 Å². The normalized spacial score (nSPS) is 10.3. The van der Waals surface area contributed by atoms with E-state index >= 15 is 0 Å². The first-order chi connectivity index (χ1) is 14.5. The van der Waals surface area contributed by atoms with Crippen LogP contribution < -0.4 is 68.5 Å². The molecule has 0 N–H and O–H groups in total. The first-order valence-corrected chi connectivity index (χ1v) is 8.73. The van der Waals surface area contributed by atoms with Crippen LogP contribution in [0.25, 0.3) is 22.3 Å². The summed E-state index contributed by atoms with van der Waals surface area (Å²) in [6.07, 6.45) is 0. The molecular weight excluding hydrogens is 419 g/mol. The number of ether oxygens (including phenoxy) is 6. The van der Waals surface area contributed by atoms with Crippen LogP contribution >= 0.6 is 0 Å². The third kappa shape index (κ3) is 3.96. The molecule has 3 aromatic rings. The molecule has 0 saturated carbocycles. The van der Waals surface area contributed by atoms with Crippen molar-refractivity contribution in [1.82, 2.24) is 0 Å². The molecule has 0 fully saturated rings. The van der Waals surface area contributed by atoms with Gasteiger partial charge in [0.2, 0.25) is 17.2 Å². The molecule has 0 aliphatic carbocycles. The predicted molar refractivity (Wildman–Crippen MR) is 107 cm³/mol. The van der Waals surface area contributed by atoms with Gasteiger partial charge in [0, 0.05) is 5.56 Å². The van der Waals surface area contributed by atoms with E-state index in [2.05, 4.69) is 0 Å². The van der Waals surface area contributed by atoms with Gasteiger partial charge in [0.1, 0.15) is 11.1 Å². The van der Waals surface area contributed by atoms with Gasteiger partial charge in [-0.15, -0.1) is 0 Å². The SMILES string of the molecule is COc1ccc(-c2oc3c(OC)c(OC)c(OC)c(OC)c3c(=O)c2[O-])cc1OC.[Na+]. The van der Waals surface area contributed by atoms with E-state index in [9.17, 15) is 9.90 Å². The quantitative estimate of drug-likeness (QED) is 0.453. The van der Waals surface area contributed by atoms with Crippen molar-refractivity contribution in [3.05, 3.63) is 28.4 Å². The molecule has 0 aliphatic rings. The Hall–Kier alpha value is -2.75. The van der Waals surface area contributed by atoms with E-state index in [0.717, 1.165) is 0 Å². The molecule has 1 heterocycles. The van der Waals surface area contributed by atoms with Gasteiger partial charge >= 0.3 is 29.6 Å². The second-order valence-corrected chi connectivity index (χ2v) is 6.00. The molecule has 0 saturated heterocycles. The van der Waals surface area contributed by atoms with Gasteiger partial charge < -0.3 is 37.9 Å². The van der Waals surface area contributed by atoms with Gasteiger partial charge in [-0.1, -0.05) is 0 Å². The van der Waals surface area contributed by atoms with Gasteiger partial charge in [0.15, 0.2) is 28.3 Å². The maximum atomic E-state index is 13.1. The van der Waals surface area contributed by atoms with Crippen molar-refractivity contribution in [1.29, 1.82) is 0 Å². The maximum absolute atomic E-state index is 13.1.